The molecule has 3 aromatic rings. The number of halogens is 5. The van der Waals surface area contributed by atoms with Crippen molar-refractivity contribution in [3.05, 3.63) is 89.5 Å². The van der Waals surface area contributed by atoms with Crippen LogP contribution in [-0.4, -0.2) is 36.5 Å². The number of amides is 1. The molecule has 1 heterocycles. The minimum absolute atomic E-state index is 0.0914. The van der Waals surface area contributed by atoms with Crippen LogP contribution in [0.3, 0.4) is 0 Å². The van der Waals surface area contributed by atoms with Gasteiger partial charge in [-0.15, -0.1) is 13.2 Å². The third kappa shape index (κ3) is 5.40. The SMILES string of the molecule is CCN(C)C(=O)[C@H]1CC(c2c(F)cccc2F)=NC1c1ccc(-c2ccc(OC(F)(F)F)cc2)cc1. The zero-order valence-corrected chi connectivity index (χ0v) is 19.5. The molecule has 0 aromatic heterocycles. The summed E-state index contributed by atoms with van der Waals surface area (Å²) in [5, 5.41) is 0. The molecule has 36 heavy (non-hydrogen) atoms. The number of carbonyl (C=O) groups excluding carboxylic acids is 1. The van der Waals surface area contributed by atoms with Gasteiger partial charge < -0.3 is 9.64 Å². The smallest absolute Gasteiger partial charge is 0.406 e. The predicted molar refractivity (Wildman–Crippen MR) is 126 cm³/mol. The van der Waals surface area contributed by atoms with Gasteiger partial charge in [-0.1, -0.05) is 42.5 Å². The molecule has 2 atom stereocenters. The topological polar surface area (TPSA) is 41.9 Å². The van der Waals surface area contributed by atoms with Crippen LogP contribution in [0.15, 0.2) is 71.7 Å². The first-order valence-electron chi connectivity index (χ1n) is 11.3. The molecule has 4 nitrogen and oxygen atoms in total. The molecule has 0 spiro atoms. The van der Waals surface area contributed by atoms with E-state index in [1.807, 2.05) is 6.92 Å². The first-order chi connectivity index (χ1) is 17.1. The molecule has 1 amide bonds. The number of aliphatic imine (C=N–C) groups is 1. The highest BCUT2D eigenvalue weighted by molar-refractivity contribution is 6.05. The van der Waals surface area contributed by atoms with Gasteiger partial charge in [0.05, 0.1) is 17.5 Å². The molecule has 1 unspecified atom stereocenters. The van der Waals surface area contributed by atoms with E-state index in [0.29, 0.717) is 17.7 Å². The van der Waals surface area contributed by atoms with E-state index >= 15 is 0 Å². The van der Waals surface area contributed by atoms with Crippen LogP contribution in [0.5, 0.6) is 5.75 Å². The lowest BCUT2D eigenvalue weighted by Crippen LogP contribution is -2.34. The lowest BCUT2D eigenvalue weighted by atomic mass is 9.89. The maximum Gasteiger partial charge on any atom is 0.573 e. The van der Waals surface area contributed by atoms with Crippen molar-refractivity contribution in [1.82, 2.24) is 4.90 Å². The van der Waals surface area contributed by atoms with Crippen LogP contribution in [-0.2, 0) is 4.79 Å². The zero-order valence-electron chi connectivity index (χ0n) is 19.5. The molecule has 1 aliphatic rings. The van der Waals surface area contributed by atoms with Crippen molar-refractivity contribution in [1.29, 1.82) is 0 Å². The van der Waals surface area contributed by atoms with Gasteiger partial charge in [-0.05, 0) is 47.9 Å². The number of hydrogen-bond acceptors (Lipinski definition) is 3. The van der Waals surface area contributed by atoms with Gasteiger partial charge in [0.1, 0.15) is 17.4 Å². The molecular formula is C27H23F5N2O2. The van der Waals surface area contributed by atoms with Crippen LogP contribution in [0, 0.1) is 17.6 Å². The number of ether oxygens (including phenoxy) is 1. The first kappa shape index (κ1) is 25.3. The van der Waals surface area contributed by atoms with Gasteiger partial charge in [-0.2, -0.15) is 0 Å². The summed E-state index contributed by atoms with van der Waals surface area (Å²) < 4.78 is 70.0. The Morgan fingerprint density at radius 2 is 1.53 bits per heavy atom. The van der Waals surface area contributed by atoms with Crippen LogP contribution in [0.25, 0.3) is 11.1 Å². The molecule has 0 fully saturated rings. The standard InChI is InChI=1S/C27H23F5N2O2/c1-3-34(2)26(35)20-15-23(24-21(28)5-4-6-22(24)29)33-25(20)18-9-7-16(8-10-18)17-11-13-19(14-12-17)36-27(30,31)32/h4-14,20,25H,3,15H2,1-2H3/t20-,25?/m0/s1. The molecule has 0 aliphatic carbocycles. The number of hydrogen-bond donors (Lipinski definition) is 0. The van der Waals surface area contributed by atoms with Crippen LogP contribution in [0.4, 0.5) is 22.0 Å². The Kier molecular flexibility index (Phi) is 7.10. The Morgan fingerprint density at radius 3 is 2.06 bits per heavy atom. The molecule has 0 saturated heterocycles. The lowest BCUT2D eigenvalue weighted by molar-refractivity contribution is -0.274. The maximum absolute atomic E-state index is 14.5. The minimum Gasteiger partial charge on any atom is -0.406 e. The zero-order chi connectivity index (χ0) is 26.0. The molecule has 188 valence electrons. The van der Waals surface area contributed by atoms with E-state index in [4.69, 9.17) is 0 Å². The summed E-state index contributed by atoms with van der Waals surface area (Å²) in [5.41, 5.74) is 2.05. The fourth-order valence-electron chi connectivity index (χ4n) is 4.26. The molecule has 1 aliphatic heterocycles. The van der Waals surface area contributed by atoms with Gasteiger partial charge in [0.2, 0.25) is 5.91 Å². The Labute approximate surface area is 205 Å². The highest BCUT2D eigenvalue weighted by Crippen LogP contribution is 2.39. The maximum atomic E-state index is 14.5. The fourth-order valence-corrected chi connectivity index (χ4v) is 4.26. The summed E-state index contributed by atoms with van der Waals surface area (Å²) in [7, 11) is 1.66. The largest absolute Gasteiger partial charge is 0.573 e. The third-order valence-electron chi connectivity index (χ3n) is 6.18. The molecule has 3 aromatic carbocycles. The first-order valence-corrected chi connectivity index (χ1v) is 11.3. The molecule has 0 N–H and O–H groups in total. The van der Waals surface area contributed by atoms with Gasteiger partial charge in [-0.3, -0.25) is 9.79 Å². The second kappa shape index (κ2) is 10.1. The number of rotatable bonds is 6. The van der Waals surface area contributed by atoms with Crippen molar-refractivity contribution in [3.8, 4) is 16.9 Å². The Balaban J connectivity index is 1.64. The van der Waals surface area contributed by atoms with Crippen LogP contribution >= 0.6 is 0 Å². The summed E-state index contributed by atoms with van der Waals surface area (Å²) >= 11 is 0. The van der Waals surface area contributed by atoms with E-state index in [2.05, 4.69) is 9.73 Å². The van der Waals surface area contributed by atoms with Crippen molar-refractivity contribution in [2.24, 2.45) is 10.9 Å². The quantitative estimate of drug-likeness (QED) is 0.359. The van der Waals surface area contributed by atoms with Gasteiger partial charge in [-0.25, -0.2) is 8.78 Å². The summed E-state index contributed by atoms with van der Waals surface area (Å²) in [6.07, 6.45) is -4.68. The summed E-state index contributed by atoms with van der Waals surface area (Å²) in [5.74, 6) is -2.61. The third-order valence-corrected chi connectivity index (χ3v) is 6.18. The van der Waals surface area contributed by atoms with Crippen LogP contribution < -0.4 is 4.74 Å². The van der Waals surface area contributed by atoms with Crippen molar-refractivity contribution in [2.75, 3.05) is 13.6 Å². The van der Waals surface area contributed by atoms with E-state index < -0.39 is 30.0 Å². The normalized spacial score (nSPS) is 17.6. The van der Waals surface area contributed by atoms with Crippen molar-refractivity contribution in [2.45, 2.75) is 25.7 Å². The molecule has 4 rings (SSSR count). The Hall–Kier alpha value is -3.75. The van der Waals surface area contributed by atoms with E-state index in [1.54, 1.807) is 36.2 Å². The predicted octanol–water partition coefficient (Wildman–Crippen LogP) is 6.56. The number of alkyl halides is 3. The fraction of sp³-hybridized carbons (Fsp3) is 0.259. The second-order valence-corrected chi connectivity index (χ2v) is 8.47. The van der Waals surface area contributed by atoms with Gasteiger partial charge in [0, 0.05) is 25.7 Å². The van der Waals surface area contributed by atoms with Crippen LogP contribution in [0.2, 0.25) is 0 Å². The van der Waals surface area contributed by atoms with E-state index in [1.165, 1.54) is 30.3 Å². The van der Waals surface area contributed by atoms with Crippen LogP contribution in [0.1, 0.15) is 30.5 Å². The molecule has 9 heteroatoms. The monoisotopic (exact) mass is 502 g/mol. The van der Waals surface area contributed by atoms with E-state index in [0.717, 1.165) is 17.7 Å². The molecular weight excluding hydrogens is 479 g/mol. The van der Waals surface area contributed by atoms with Gasteiger partial charge >= 0.3 is 6.36 Å². The number of nitrogens with zero attached hydrogens (tertiary/aromatic N) is 2. The number of benzene rings is 3. The molecule has 0 radical (unpaired) electrons. The lowest BCUT2D eigenvalue weighted by Gasteiger charge is -2.23. The average molecular weight is 502 g/mol. The molecule has 0 saturated carbocycles. The average Bonchev–Trinajstić information content (AvgIpc) is 3.27. The Morgan fingerprint density at radius 1 is 0.972 bits per heavy atom. The molecule has 0 bridgehead atoms. The summed E-state index contributed by atoms with van der Waals surface area (Å²) in [6, 6.07) is 15.4. The van der Waals surface area contributed by atoms with Crippen molar-refractivity contribution >= 4 is 11.6 Å². The summed E-state index contributed by atoms with van der Waals surface area (Å²) in [6.45, 7) is 2.30. The Bertz CT molecular complexity index is 1250. The van der Waals surface area contributed by atoms with Crippen molar-refractivity contribution in [3.63, 3.8) is 0 Å². The second-order valence-electron chi connectivity index (χ2n) is 8.47. The number of carbonyl (C=O) groups is 1. The van der Waals surface area contributed by atoms with E-state index in [9.17, 15) is 26.7 Å². The van der Waals surface area contributed by atoms with E-state index in [-0.39, 0.29) is 29.4 Å². The van der Waals surface area contributed by atoms with Gasteiger partial charge in [0.15, 0.2) is 0 Å². The minimum atomic E-state index is -4.77. The highest BCUT2D eigenvalue weighted by Gasteiger charge is 2.39. The summed E-state index contributed by atoms with van der Waals surface area (Å²) in [4.78, 5) is 19.2. The van der Waals surface area contributed by atoms with Crippen molar-refractivity contribution < 1.29 is 31.5 Å². The highest BCUT2D eigenvalue weighted by atomic mass is 19.4. The van der Waals surface area contributed by atoms with Gasteiger partial charge in [0.25, 0.3) is 0 Å².